The monoisotopic (exact) mass is 412 g/mol. The van der Waals surface area contributed by atoms with Crippen LogP contribution in [0.5, 0.6) is 5.75 Å². The van der Waals surface area contributed by atoms with Crippen LogP contribution in [-0.4, -0.2) is 30.8 Å². The highest BCUT2D eigenvalue weighted by atomic mass is 32.2. The van der Waals surface area contributed by atoms with E-state index in [9.17, 15) is 9.59 Å². The molecule has 0 aromatic heterocycles. The van der Waals surface area contributed by atoms with Gasteiger partial charge in [0.15, 0.2) is 0 Å². The molecule has 0 bridgehead atoms. The maximum absolute atomic E-state index is 12.7. The van der Waals surface area contributed by atoms with E-state index in [1.807, 2.05) is 31.2 Å². The van der Waals surface area contributed by atoms with Gasteiger partial charge in [-0.1, -0.05) is 24.3 Å². The smallest absolute Gasteiger partial charge is 0.265 e. The molecule has 0 saturated carbocycles. The van der Waals surface area contributed by atoms with Crippen LogP contribution in [-0.2, 0) is 16.1 Å². The number of anilines is 1. The van der Waals surface area contributed by atoms with E-state index in [1.165, 1.54) is 11.8 Å². The van der Waals surface area contributed by atoms with Gasteiger partial charge in [-0.3, -0.25) is 9.59 Å². The minimum Gasteiger partial charge on any atom is -0.496 e. The first-order valence-corrected chi connectivity index (χ1v) is 10.4. The molecular formula is C22H24N2O4S. The number of ether oxygens (including phenoxy) is 2. The molecule has 1 heterocycles. The first-order valence-electron chi connectivity index (χ1n) is 9.45. The van der Waals surface area contributed by atoms with Crippen molar-refractivity contribution < 1.29 is 19.1 Å². The average Bonchev–Trinajstić information content (AvgIpc) is 2.74. The fraction of sp³-hybridized carbons (Fsp3) is 0.273. The maximum atomic E-state index is 12.7. The van der Waals surface area contributed by atoms with E-state index < -0.39 is 0 Å². The zero-order valence-corrected chi connectivity index (χ0v) is 17.3. The molecule has 29 heavy (non-hydrogen) atoms. The van der Waals surface area contributed by atoms with E-state index in [0.29, 0.717) is 41.7 Å². The highest BCUT2D eigenvalue weighted by Crippen LogP contribution is 2.27. The van der Waals surface area contributed by atoms with Crippen molar-refractivity contribution in [2.45, 2.75) is 20.4 Å². The van der Waals surface area contributed by atoms with Crippen molar-refractivity contribution in [3.8, 4) is 5.75 Å². The Balaban J connectivity index is 1.66. The Morgan fingerprint density at radius 1 is 1.10 bits per heavy atom. The second kappa shape index (κ2) is 10.0. The van der Waals surface area contributed by atoms with Gasteiger partial charge in [0.1, 0.15) is 16.4 Å². The predicted molar refractivity (Wildman–Crippen MR) is 115 cm³/mol. The van der Waals surface area contributed by atoms with Crippen molar-refractivity contribution in [2.24, 2.45) is 0 Å². The molecule has 152 valence electrons. The Bertz CT molecular complexity index is 909. The van der Waals surface area contributed by atoms with Crippen molar-refractivity contribution >= 4 is 29.3 Å². The Kier molecular flexibility index (Phi) is 7.19. The van der Waals surface area contributed by atoms with Crippen LogP contribution < -0.4 is 15.4 Å². The molecule has 3 rings (SSSR count). The summed E-state index contributed by atoms with van der Waals surface area (Å²) in [6, 6.07) is 14.5. The van der Waals surface area contributed by atoms with Crippen molar-refractivity contribution in [1.29, 1.82) is 0 Å². The summed E-state index contributed by atoms with van der Waals surface area (Å²) in [6.45, 7) is 5.29. The summed E-state index contributed by atoms with van der Waals surface area (Å²) in [5, 5.41) is 5.73. The topological polar surface area (TPSA) is 76.7 Å². The number of hydrogen-bond acceptors (Lipinski definition) is 5. The molecule has 2 aromatic rings. The Labute approximate surface area is 174 Å². The number of carbonyl (C=O) groups is 2. The van der Waals surface area contributed by atoms with E-state index in [0.717, 1.165) is 17.1 Å². The van der Waals surface area contributed by atoms with Gasteiger partial charge in [-0.05, 0) is 43.7 Å². The van der Waals surface area contributed by atoms with Crippen molar-refractivity contribution in [3.05, 3.63) is 70.3 Å². The molecule has 0 spiro atoms. The lowest BCUT2D eigenvalue weighted by molar-refractivity contribution is -0.112. The van der Waals surface area contributed by atoms with Gasteiger partial charge in [0.2, 0.25) is 0 Å². The van der Waals surface area contributed by atoms with Gasteiger partial charge in [-0.15, -0.1) is 11.8 Å². The van der Waals surface area contributed by atoms with Gasteiger partial charge in [0.05, 0.1) is 24.5 Å². The Morgan fingerprint density at radius 3 is 2.59 bits per heavy atom. The van der Waals surface area contributed by atoms with Crippen molar-refractivity contribution in [1.82, 2.24) is 5.32 Å². The minimum absolute atomic E-state index is 0.256. The third-order valence-electron chi connectivity index (χ3n) is 4.28. The summed E-state index contributed by atoms with van der Waals surface area (Å²) >= 11 is 1.46. The SMILES string of the molecule is CCOc1ccc(CNC(=O)c2ccccc2NC(=O)C2=C(C)OCCS2)cc1. The van der Waals surface area contributed by atoms with E-state index in [1.54, 1.807) is 31.2 Å². The lowest BCUT2D eigenvalue weighted by Gasteiger charge is -2.18. The van der Waals surface area contributed by atoms with Crippen LogP contribution in [0.1, 0.15) is 29.8 Å². The summed E-state index contributed by atoms with van der Waals surface area (Å²) in [5.41, 5.74) is 1.83. The number of nitrogens with one attached hydrogen (secondary N) is 2. The van der Waals surface area contributed by atoms with Gasteiger partial charge < -0.3 is 20.1 Å². The number of amides is 2. The number of para-hydroxylation sites is 1. The van der Waals surface area contributed by atoms with Gasteiger partial charge >= 0.3 is 0 Å². The number of thioether (sulfide) groups is 1. The van der Waals surface area contributed by atoms with Crippen LogP contribution in [0.2, 0.25) is 0 Å². The van der Waals surface area contributed by atoms with Crippen LogP contribution >= 0.6 is 11.8 Å². The summed E-state index contributed by atoms with van der Waals surface area (Å²) in [7, 11) is 0. The quantitative estimate of drug-likeness (QED) is 0.720. The lowest BCUT2D eigenvalue weighted by Crippen LogP contribution is -2.25. The van der Waals surface area contributed by atoms with Crippen LogP contribution in [0.3, 0.4) is 0 Å². The number of hydrogen-bond donors (Lipinski definition) is 2. The first-order chi connectivity index (χ1) is 14.1. The summed E-state index contributed by atoms with van der Waals surface area (Å²) in [5.74, 6) is 1.61. The molecule has 2 N–H and O–H groups in total. The number of allylic oxidation sites excluding steroid dienone is 1. The van der Waals surface area contributed by atoms with Gasteiger partial charge in [0.25, 0.3) is 11.8 Å². The van der Waals surface area contributed by atoms with Crippen LogP contribution in [0.25, 0.3) is 0 Å². The minimum atomic E-state index is -0.265. The average molecular weight is 413 g/mol. The fourth-order valence-corrected chi connectivity index (χ4v) is 3.66. The molecule has 0 unspecified atom stereocenters. The molecule has 6 nitrogen and oxygen atoms in total. The standard InChI is InChI=1S/C22H24N2O4S/c1-3-27-17-10-8-16(9-11-17)14-23-21(25)18-6-4-5-7-19(18)24-22(26)20-15(2)28-12-13-29-20/h4-11H,3,12-14H2,1-2H3,(H,23,25)(H,24,26). The molecule has 0 radical (unpaired) electrons. The molecule has 2 amide bonds. The second-order valence-corrected chi connectivity index (χ2v) is 7.45. The third-order valence-corrected chi connectivity index (χ3v) is 5.41. The molecule has 1 aliphatic heterocycles. The van der Waals surface area contributed by atoms with Gasteiger partial charge in [-0.2, -0.15) is 0 Å². The molecule has 0 saturated heterocycles. The second-order valence-electron chi connectivity index (χ2n) is 6.34. The van der Waals surface area contributed by atoms with Crippen molar-refractivity contribution in [3.63, 3.8) is 0 Å². The number of benzene rings is 2. The number of carbonyl (C=O) groups excluding carboxylic acids is 2. The Hall–Kier alpha value is -2.93. The molecule has 2 aromatic carbocycles. The molecule has 0 atom stereocenters. The highest BCUT2D eigenvalue weighted by Gasteiger charge is 2.20. The van der Waals surface area contributed by atoms with Crippen LogP contribution in [0.4, 0.5) is 5.69 Å². The van der Waals surface area contributed by atoms with Crippen LogP contribution in [0, 0.1) is 0 Å². The van der Waals surface area contributed by atoms with Crippen molar-refractivity contribution in [2.75, 3.05) is 24.3 Å². The predicted octanol–water partition coefficient (Wildman–Crippen LogP) is 3.95. The zero-order valence-electron chi connectivity index (χ0n) is 16.5. The van der Waals surface area contributed by atoms with E-state index in [-0.39, 0.29) is 11.8 Å². The van der Waals surface area contributed by atoms with E-state index >= 15 is 0 Å². The zero-order chi connectivity index (χ0) is 20.6. The molecule has 7 heteroatoms. The lowest BCUT2D eigenvalue weighted by atomic mass is 10.1. The normalized spacial score (nSPS) is 13.4. The molecular weight excluding hydrogens is 388 g/mol. The largest absolute Gasteiger partial charge is 0.496 e. The molecule has 0 fully saturated rings. The number of rotatable bonds is 7. The van der Waals surface area contributed by atoms with E-state index in [2.05, 4.69) is 10.6 Å². The van der Waals surface area contributed by atoms with Crippen LogP contribution in [0.15, 0.2) is 59.2 Å². The van der Waals surface area contributed by atoms with Gasteiger partial charge in [0, 0.05) is 12.3 Å². The summed E-state index contributed by atoms with van der Waals surface area (Å²) in [4.78, 5) is 25.8. The van der Waals surface area contributed by atoms with E-state index in [4.69, 9.17) is 9.47 Å². The highest BCUT2D eigenvalue weighted by molar-refractivity contribution is 8.04. The summed E-state index contributed by atoms with van der Waals surface area (Å²) in [6.07, 6.45) is 0. The third kappa shape index (κ3) is 5.54. The summed E-state index contributed by atoms with van der Waals surface area (Å²) < 4.78 is 10.9. The maximum Gasteiger partial charge on any atom is 0.265 e. The molecule has 0 aliphatic carbocycles. The van der Waals surface area contributed by atoms with Gasteiger partial charge in [-0.25, -0.2) is 0 Å². The molecule has 1 aliphatic rings. The Morgan fingerprint density at radius 2 is 1.86 bits per heavy atom. The first kappa shape index (κ1) is 20.8. The fourth-order valence-electron chi connectivity index (χ4n) is 2.85.